The Morgan fingerprint density at radius 2 is 1.28 bits per heavy atom. The molecule has 134 valence electrons. The van der Waals surface area contributed by atoms with Crippen molar-refractivity contribution in [1.29, 1.82) is 0 Å². The first kappa shape index (κ1) is 18.2. The number of benzene rings is 2. The summed E-state index contributed by atoms with van der Waals surface area (Å²) in [7, 11) is 0. The van der Waals surface area contributed by atoms with Gasteiger partial charge in [0.15, 0.2) is 0 Å². The fourth-order valence-corrected chi connectivity index (χ4v) is 4.18. The molecule has 0 saturated heterocycles. The molecule has 0 N–H and O–H groups in total. The Balaban J connectivity index is 1.54. The lowest BCUT2D eigenvalue weighted by atomic mass is 9.83. The van der Waals surface area contributed by atoms with Crippen LogP contribution in [0.3, 0.4) is 0 Å². The predicted octanol–water partition coefficient (Wildman–Crippen LogP) is 7.91. The molecule has 1 saturated carbocycles. The van der Waals surface area contributed by atoms with Gasteiger partial charge >= 0.3 is 0 Å². The number of hydrogen-bond acceptors (Lipinski definition) is 0. The maximum atomic E-state index is 2.37. The smallest absolute Gasteiger partial charge is 0.0162 e. The number of rotatable bonds is 8. The van der Waals surface area contributed by atoms with Crippen LogP contribution in [0.15, 0.2) is 48.5 Å². The van der Waals surface area contributed by atoms with E-state index >= 15 is 0 Å². The van der Waals surface area contributed by atoms with E-state index < -0.39 is 0 Å². The molecule has 0 heteroatoms. The van der Waals surface area contributed by atoms with Gasteiger partial charge in [-0.3, -0.25) is 0 Å². The highest BCUT2D eigenvalue weighted by molar-refractivity contribution is 5.64. The van der Waals surface area contributed by atoms with E-state index in [0.717, 1.165) is 5.92 Å². The van der Waals surface area contributed by atoms with Crippen molar-refractivity contribution in [3.8, 4) is 11.1 Å². The summed E-state index contributed by atoms with van der Waals surface area (Å²) in [5.41, 5.74) is 5.74. The Morgan fingerprint density at radius 1 is 0.680 bits per heavy atom. The molecule has 1 aliphatic rings. The molecule has 0 spiro atoms. The fraction of sp³-hybridized carbons (Fsp3) is 0.520. The Kier molecular flexibility index (Phi) is 7.15. The minimum absolute atomic E-state index is 0.804. The second-order valence-corrected chi connectivity index (χ2v) is 7.82. The van der Waals surface area contributed by atoms with Crippen LogP contribution in [0.2, 0.25) is 0 Å². The highest BCUT2D eigenvalue weighted by Crippen LogP contribution is 2.33. The van der Waals surface area contributed by atoms with Crippen molar-refractivity contribution in [3.63, 3.8) is 0 Å². The van der Waals surface area contributed by atoms with Gasteiger partial charge in [0.25, 0.3) is 0 Å². The van der Waals surface area contributed by atoms with Crippen LogP contribution in [0, 0.1) is 0 Å². The highest BCUT2D eigenvalue weighted by Gasteiger charge is 2.15. The molecule has 2 aromatic carbocycles. The van der Waals surface area contributed by atoms with E-state index in [9.17, 15) is 0 Å². The van der Waals surface area contributed by atoms with E-state index in [1.165, 1.54) is 87.3 Å². The molecule has 0 radical (unpaired) electrons. The maximum absolute atomic E-state index is 2.37. The van der Waals surface area contributed by atoms with Gasteiger partial charge in [0, 0.05) is 0 Å². The van der Waals surface area contributed by atoms with Crippen LogP contribution in [0.4, 0.5) is 0 Å². The normalized spacial score (nSPS) is 15.4. The van der Waals surface area contributed by atoms with E-state index in [-0.39, 0.29) is 0 Å². The fourth-order valence-electron chi connectivity index (χ4n) is 4.18. The number of aryl methyl sites for hydroxylation is 1. The van der Waals surface area contributed by atoms with Gasteiger partial charge in [-0.15, -0.1) is 0 Å². The number of unbranched alkanes of at least 4 members (excludes halogenated alkanes) is 4. The van der Waals surface area contributed by atoms with Gasteiger partial charge in [-0.25, -0.2) is 0 Å². The van der Waals surface area contributed by atoms with Crippen molar-refractivity contribution in [3.05, 3.63) is 59.7 Å². The van der Waals surface area contributed by atoms with E-state index in [2.05, 4.69) is 55.5 Å². The molecule has 2 aromatic rings. The second-order valence-electron chi connectivity index (χ2n) is 7.82. The summed E-state index contributed by atoms with van der Waals surface area (Å²) in [6, 6.07) is 18.6. The molecule has 0 unspecified atom stereocenters. The van der Waals surface area contributed by atoms with Crippen LogP contribution < -0.4 is 0 Å². The lowest BCUT2D eigenvalue weighted by molar-refractivity contribution is 0.443. The highest BCUT2D eigenvalue weighted by atomic mass is 14.2. The molecule has 0 aliphatic heterocycles. The Bertz CT molecular complexity index is 599. The van der Waals surface area contributed by atoms with E-state index in [4.69, 9.17) is 0 Å². The summed E-state index contributed by atoms with van der Waals surface area (Å²) in [4.78, 5) is 0. The summed E-state index contributed by atoms with van der Waals surface area (Å²) in [5, 5.41) is 0. The minimum atomic E-state index is 0.804. The van der Waals surface area contributed by atoms with Crippen LogP contribution in [-0.4, -0.2) is 0 Å². The van der Waals surface area contributed by atoms with Crippen molar-refractivity contribution in [2.24, 2.45) is 0 Å². The van der Waals surface area contributed by atoms with Gasteiger partial charge in [-0.05, 0) is 53.9 Å². The van der Waals surface area contributed by atoms with E-state index in [1.54, 1.807) is 5.56 Å². The Morgan fingerprint density at radius 3 is 1.92 bits per heavy atom. The standard InChI is InChI=1S/C25H34/c1-2-3-4-5-7-10-21-13-15-23(16-14-21)25-19-17-24(18-20-25)22-11-8-6-9-12-22/h13-20,22H,2-12H2,1H3. The van der Waals surface area contributed by atoms with E-state index in [1.807, 2.05) is 0 Å². The third kappa shape index (κ3) is 5.46. The summed E-state index contributed by atoms with van der Waals surface area (Å²) in [5.74, 6) is 0.804. The summed E-state index contributed by atoms with van der Waals surface area (Å²) in [6.07, 6.45) is 15.0. The van der Waals surface area contributed by atoms with Crippen molar-refractivity contribution in [2.45, 2.75) is 83.5 Å². The van der Waals surface area contributed by atoms with Gasteiger partial charge in [0.05, 0.1) is 0 Å². The summed E-state index contributed by atoms with van der Waals surface area (Å²) < 4.78 is 0. The van der Waals surface area contributed by atoms with Gasteiger partial charge in [-0.2, -0.15) is 0 Å². The third-order valence-electron chi connectivity index (χ3n) is 5.84. The molecule has 1 aliphatic carbocycles. The zero-order valence-electron chi connectivity index (χ0n) is 16.0. The molecule has 0 aromatic heterocycles. The third-order valence-corrected chi connectivity index (χ3v) is 5.84. The monoisotopic (exact) mass is 334 g/mol. The lowest BCUT2D eigenvalue weighted by Gasteiger charge is -2.22. The zero-order valence-corrected chi connectivity index (χ0v) is 16.0. The van der Waals surface area contributed by atoms with Crippen molar-refractivity contribution in [2.75, 3.05) is 0 Å². The zero-order chi connectivity index (χ0) is 17.3. The second kappa shape index (κ2) is 9.80. The average Bonchev–Trinajstić information content (AvgIpc) is 2.69. The first-order valence-corrected chi connectivity index (χ1v) is 10.6. The quantitative estimate of drug-likeness (QED) is 0.430. The van der Waals surface area contributed by atoms with Crippen molar-refractivity contribution in [1.82, 2.24) is 0 Å². The average molecular weight is 335 g/mol. The minimum Gasteiger partial charge on any atom is -0.0654 e. The van der Waals surface area contributed by atoms with Crippen molar-refractivity contribution < 1.29 is 0 Å². The molecule has 25 heavy (non-hydrogen) atoms. The number of hydrogen-bond donors (Lipinski definition) is 0. The molecule has 1 fully saturated rings. The van der Waals surface area contributed by atoms with Crippen LogP contribution in [0.5, 0.6) is 0 Å². The largest absolute Gasteiger partial charge is 0.0654 e. The molecular formula is C25H34. The summed E-state index contributed by atoms with van der Waals surface area (Å²) >= 11 is 0. The SMILES string of the molecule is CCCCCCCc1ccc(-c2ccc(C3CCCCC3)cc2)cc1. The van der Waals surface area contributed by atoms with Gasteiger partial charge in [0.1, 0.15) is 0 Å². The molecule has 0 heterocycles. The Hall–Kier alpha value is -1.56. The van der Waals surface area contributed by atoms with Crippen LogP contribution in [-0.2, 0) is 6.42 Å². The maximum Gasteiger partial charge on any atom is -0.0162 e. The Labute approximate surface area is 154 Å². The molecule has 3 rings (SSSR count). The van der Waals surface area contributed by atoms with Crippen molar-refractivity contribution >= 4 is 0 Å². The first-order valence-electron chi connectivity index (χ1n) is 10.6. The molecule has 0 amide bonds. The van der Waals surface area contributed by atoms with Gasteiger partial charge in [0.2, 0.25) is 0 Å². The summed E-state index contributed by atoms with van der Waals surface area (Å²) in [6.45, 7) is 2.28. The van der Waals surface area contributed by atoms with Gasteiger partial charge in [-0.1, -0.05) is 100 Å². The van der Waals surface area contributed by atoms with Crippen LogP contribution >= 0.6 is 0 Å². The molecule has 0 atom stereocenters. The first-order chi connectivity index (χ1) is 12.4. The van der Waals surface area contributed by atoms with Crippen LogP contribution in [0.25, 0.3) is 11.1 Å². The van der Waals surface area contributed by atoms with E-state index in [0.29, 0.717) is 0 Å². The molecular weight excluding hydrogens is 300 g/mol. The lowest BCUT2D eigenvalue weighted by Crippen LogP contribution is -2.04. The molecule has 0 bridgehead atoms. The molecule has 0 nitrogen and oxygen atoms in total. The van der Waals surface area contributed by atoms with Crippen LogP contribution in [0.1, 0.15) is 88.2 Å². The topological polar surface area (TPSA) is 0 Å². The predicted molar refractivity (Wildman–Crippen MR) is 110 cm³/mol. The van der Waals surface area contributed by atoms with Gasteiger partial charge < -0.3 is 0 Å².